The number of amides is 1. The Labute approximate surface area is 182 Å². The highest BCUT2D eigenvalue weighted by Gasteiger charge is 2.37. The van der Waals surface area contributed by atoms with Gasteiger partial charge in [-0.2, -0.15) is 26.3 Å². The van der Waals surface area contributed by atoms with Crippen LogP contribution in [0.1, 0.15) is 21.7 Å². The second-order valence-electron chi connectivity index (χ2n) is 6.48. The highest BCUT2D eigenvalue weighted by atomic mass is 32.1. The molecule has 168 valence electrons. The van der Waals surface area contributed by atoms with Crippen LogP contribution in [0.15, 0.2) is 59.2 Å². The second kappa shape index (κ2) is 8.54. The number of nitrogens with two attached hydrogens (primary N) is 1. The molecule has 0 aliphatic rings. The minimum Gasteiger partial charge on any atom is -0.459 e. The van der Waals surface area contributed by atoms with Gasteiger partial charge in [-0.15, -0.1) is 0 Å². The zero-order valence-electron chi connectivity index (χ0n) is 15.8. The number of nitrogens with one attached hydrogen (secondary N) is 2. The predicted octanol–water partition coefficient (Wildman–Crippen LogP) is 5.89. The molecule has 2 aromatic carbocycles. The first-order valence-corrected chi connectivity index (χ1v) is 9.10. The molecule has 0 fully saturated rings. The van der Waals surface area contributed by atoms with E-state index >= 15 is 0 Å². The fourth-order valence-corrected chi connectivity index (χ4v) is 3.02. The first-order valence-electron chi connectivity index (χ1n) is 8.70. The molecule has 4 N–H and O–H groups in total. The van der Waals surface area contributed by atoms with Gasteiger partial charge in [-0.25, -0.2) is 0 Å². The van der Waals surface area contributed by atoms with E-state index in [4.69, 9.17) is 22.4 Å². The van der Waals surface area contributed by atoms with E-state index < -0.39 is 35.1 Å². The number of benzene rings is 2. The van der Waals surface area contributed by atoms with E-state index in [2.05, 4.69) is 10.6 Å². The van der Waals surface area contributed by atoms with Crippen molar-refractivity contribution in [1.29, 1.82) is 0 Å². The van der Waals surface area contributed by atoms with E-state index in [9.17, 15) is 31.1 Å². The van der Waals surface area contributed by atoms with Crippen molar-refractivity contribution in [1.82, 2.24) is 0 Å². The standard InChI is InChI=1S/C20H13F6N3O2S/c21-19(22,23)11-7-12(20(24,25)26)9-14(8-11)29-18(32)28-13-3-1-10(2-4-13)15-5-6-31-16(15)17(27)30/h1-9H,(H2,27,30)(H2,28,29,32). The van der Waals surface area contributed by atoms with Gasteiger partial charge in [-0.3, -0.25) is 4.79 Å². The Morgan fingerprint density at radius 1 is 0.844 bits per heavy atom. The third-order valence-corrected chi connectivity index (χ3v) is 4.39. The number of carbonyl (C=O) groups is 1. The van der Waals surface area contributed by atoms with Gasteiger partial charge in [0.2, 0.25) is 0 Å². The van der Waals surface area contributed by atoms with Crippen molar-refractivity contribution in [3.8, 4) is 11.1 Å². The number of anilines is 2. The highest BCUT2D eigenvalue weighted by Crippen LogP contribution is 2.37. The third kappa shape index (κ3) is 5.38. The van der Waals surface area contributed by atoms with Gasteiger partial charge in [-0.05, 0) is 54.2 Å². The first kappa shape index (κ1) is 23.1. The summed E-state index contributed by atoms with van der Waals surface area (Å²) in [6.07, 6.45) is -8.65. The smallest absolute Gasteiger partial charge is 0.416 e. The Balaban J connectivity index is 1.77. The second-order valence-corrected chi connectivity index (χ2v) is 6.89. The predicted molar refractivity (Wildman–Crippen MR) is 109 cm³/mol. The molecule has 3 aromatic rings. The van der Waals surface area contributed by atoms with E-state index in [1.54, 1.807) is 18.2 Å². The van der Waals surface area contributed by atoms with E-state index in [1.807, 2.05) is 0 Å². The highest BCUT2D eigenvalue weighted by molar-refractivity contribution is 7.80. The van der Waals surface area contributed by atoms with Crippen molar-refractivity contribution in [2.75, 3.05) is 10.6 Å². The zero-order chi connectivity index (χ0) is 23.7. The van der Waals surface area contributed by atoms with Crippen LogP contribution < -0.4 is 16.4 Å². The number of halogens is 6. The lowest BCUT2D eigenvalue weighted by molar-refractivity contribution is -0.143. The fraction of sp³-hybridized carbons (Fsp3) is 0.100. The molecular weight excluding hydrogens is 460 g/mol. The maximum Gasteiger partial charge on any atom is 0.416 e. The van der Waals surface area contributed by atoms with Crippen LogP contribution in [0.4, 0.5) is 37.7 Å². The average Bonchev–Trinajstić information content (AvgIpc) is 3.17. The summed E-state index contributed by atoms with van der Waals surface area (Å²) in [7, 11) is 0. The van der Waals surface area contributed by atoms with Crippen LogP contribution in [-0.4, -0.2) is 11.0 Å². The van der Waals surface area contributed by atoms with Crippen LogP contribution in [0, 0.1) is 0 Å². The summed E-state index contributed by atoms with van der Waals surface area (Å²) < 4.78 is 82.9. The summed E-state index contributed by atoms with van der Waals surface area (Å²) in [4.78, 5) is 11.4. The average molecular weight is 473 g/mol. The van der Waals surface area contributed by atoms with Gasteiger partial charge in [0, 0.05) is 16.9 Å². The lowest BCUT2D eigenvalue weighted by atomic mass is 10.1. The fourth-order valence-electron chi connectivity index (χ4n) is 2.78. The van der Waals surface area contributed by atoms with Crippen LogP contribution in [0.25, 0.3) is 11.1 Å². The zero-order valence-corrected chi connectivity index (χ0v) is 16.6. The third-order valence-electron chi connectivity index (χ3n) is 4.19. The van der Waals surface area contributed by atoms with Gasteiger partial charge >= 0.3 is 12.4 Å². The number of hydrogen-bond donors (Lipinski definition) is 3. The molecule has 0 aliphatic heterocycles. The maximum absolute atomic E-state index is 13.0. The number of thiocarbonyl (C=S) groups is 1. The summed E-state index contributed by atoms with van der Waals surface area (Å²) in [6, 6.07) is 8.87. The molecule has 1 aromatic heterocycles. The van der Waals surface area contributed by atoms with Gasteiger partial charge in [-0.1, -0.05) is 12.1 Å². The van der Waals surface area contributed by atoms with Crippen molar-refractivity contribution >= 4 is 34.6 Å². The molecule has 0 atom stereocenters. The van der Waals surface area contributed by atoms with E-state index in [-0.39, 0.29) is 16.9 Å². The SMILES string of the molecule is NC(=O)c1occc1-c1ccc(NC(=S)Nc2cc(C(F)(F)F)cc(C(F)(F)F)c2)cc1. The molecule has 0 saturated heterocycles. The molecule has 0 saturated carbocycles. The summed E-state index contributed by atoms with van der Waals surface area (Å²) in [5.74, 6) is -0.787. The lowest BCUT2D eigenvalue weighted by Gasteiger charge is -2.16. The van der Waals surface area contributed by atoms with Gasteiger partial charge in [0.1, 0.15) is 0 Å². The van der Waals surface area contributed by atoms with Crippen molar-refractivity contribution in [2.24, 2.45) is 5.73 Å². The van der Waals surface area contributed by atoms with Gasteiger partial charge < -0.3 is 20.8 Å². The molecule has 5 nitrogen and oxygen atoms in total. The quantitative estimate of drug-likeness (QED) is 0.325. The van der Waals surface area contributed by atoms with Crippen LogP contribution in [0.2, 0.25) is 0 Å². The number of primary amides is 1. The molecule has 0 spiro atoms. The van der Waals surface area contributed by atoms with Crippen LogP contribution in [0.3, 0.4) is 0 Å². The number of rotatable bonds is 4. The topological polar surface area (TPSA) is 80.3 Å². The van der Waals surface area contributed by atoms with Crippen LogP contribution in [0.5, 0.6) is 0 Å². The van der Waals surface area contributed by atoms with Crippen molar-refractivity contribution < 1.29 is 35.6 Å². The molecule has 32 heavy (non-hydrogen) atoms. The molecular formula is C20H13F6N3O2S. The van der Waals surface area contributed by atoms with Crippen molar-refractivity contribution in [3.63, 3.8) is 0 Å². The Morgan fingerprint density at radius 2 is 1.38 bits per heavy atom. The summed E-state index contributed by atoms with van der Waals surface area (Å²) >= 11 is 5.00. The van der Waals surface area contributed by atoms with E-state index in [0.717, 1.165) is 0 Å². The number of alkyl halides is 6. The molecule has 0 unspecified atom stereocenters. The van der Waals surface area contributed by atoms with Gasteiger partial charge in [0.15, 0.2) is 10.9 Å². The number of carbonyl (C=O) groups excluding carboxylic acids is 1. The van der Waals surface area contributed by atoms with Gasteiger partial charge in [0.05, 0.1) is 17.4 Å². The Morgan fingerprint density at radius 3 is 1.88 bits per heavy atom. The van der Waals surface area contributed by atoms with Crippen LogP contribution >= 0.6 is 12.2 Å². The van der Waals surface area contributed by atoms with Crippen molar-refractivity contribution in [2.45, 2.75) is 12.4 Å². The monoisotopic (exact) mass is 473 g/mol. The molecule has 3 rings (SSSR count). The summed E-state index contributed by atoms with van der Waals surface area (Å²) in [5.41, 5.74) is 3.24. The molecule has 1 amide bonds. The number of hydrogen-bond acceptors (Lipinski definition) is 3. The van der Waals surface area contributed by atoms with E-state index in [0.29, 0.717) is 28.9 Å². The largest absolute Gasteiger partial charge is 0.459 e. The Kier molecular flexibility index (Phi) is 6.17. The molecule has 1 heterocycles. The van der Waals surface area contributed by atoms with Gasteiger partial charge in [0.25, 0.3) is 5.91 Å². The summed E-state index contributed by atoms with van der Waals surface area (Å²) in [6.45, 7) is 0. The number of furan rings is 1. The minimum absolute atomic E-state index is 0.0244. The van der Waals surface area contributed by atoms with E-state index in [1.165, 1.54) is 18.4 Å². The Hall–Kier alpha value is -3.54. The van der Waals surface area contributed by atoms with Crippen molar-refractivity contribution in [3.05, 3.63) is 71.7 Å². The molecule has 0 bridgehead atoms. The normalized spacial score (nSPS) is 11.8. The minimum atomic E-state index is -4.97. The molecule has 0 radical (unpaired) electrons. The van der Waals surface area contributed by atoms with Crippen LogP contribution in [-0.2, 0) is 12.4 Å². The Bertz CT molecular complexity index is 1120. The maximum atomic E-state index is 13.0. The molecule has 0 aliphatic carbocycles. The molecule has 12 heteroatoms. The lowest BCUT2D eigenvalue weighted by Crippen LogP contribution is -2.20. The first-order chi connectivity index (χ1) is 14.8. The summed E-state index contributed by atoms with van der Waals surface area (Å²) in [5, 5.41) is 4.75.